The lowest BCUT2D eigenvalue weighted by Gasteiger charge is -2.10. The van der Waals surface area contributed by atoms with Crippen LogP contribution in [0, 0.1) is 5.41 Å². The van der Waals surface area contributed by atoms with Crippen molar-refractivity contribution >= 4 is 53.6 Å². The molecule has 0 bridgehead atoms. The molecule has 0 aliphatic carbocycles. The van der Waals surface area contributed by atoms with Crippen LogP contribution in [-0.4, -0.2) is 40.4 Å². The Balaban J connectivity index is 0.00000337. The fraction of sp³-hybridized carbons (Fsp3) is 0.353. The van der Waals surface area contributed by atoms with Crippen LogP contribution in [0.3, 0.4) is 0 Å². The highest BCUT2D eigenvalue weighted by molar-refractivity contribution is 5.98. The third kappa shape index (κ3) is 10.4. The Hall–Kier alpha value is -3.88. The highest BCUT2D eigenvalue weighted by Gasteiger charge is 2.16. The molecule has 1 aromatic heterocycles. The predicted molar refractivity (Wildman–Crippen MR) is 182 cm³/mol. The first-order valence-corrected chi connectivity index (χ1v) is 14.9. The summed E-state index contributed by atoms with van der Waals surface area (Å²) in [5.74, 6) is 0.275. The Morgan fingerprint density at radius 2 is 1.64 bits per heavy atom. The number of hydrogen-bond donors (Lipinski definition) is 3. The summed E-state index contributed by atoms with van der Waals surface area (Å²) in [6, 6.07) is 23.5. The van der Waals surface area contributed by atoms with Gasteiger partial charge in [0.2, 0.25) is 0 Å². The van der Waals surface area contributed by atoms with Crippen molar-refractivity contribution in [3.63, 3.8) is 0 Å². The van der Waals surface area contributed by atoms with Gasteiger partial charge >= 0.3 is 5.97 Å². The van der Waals surface area contributed by atoms with Crippen molar-refractivity contribution in [1.82, 2.24) is 14.9 Å². The van der Waals surface area contributed by atoms with Crippen LogP contribution in [0.2, 0.25) is 0 Å². The van der Waals surface area contributed by atoms with Gasteiger partial charge in [0.1, 0.15) is 11.7 Å². The molecule has 0 spiro atoms. The number of amides is 1. The van der Waals surface area contributed by atoms with Crippen LogP contribution in [0.5, 0.6) is 0 Å². The number of benzene rings is 3. The smallest absolute Gasteiger partial charge is 0.307 e. The molecule has 1 amide bonds. The summed E-state index contributed by atoms with van der Waals surface area (Å²) in [4.78, 5) is 29.8. The normalized spacial score (nSPS) is 10.5. The zero-order valence-electron chi connectivity index (χ0n) is 25.2. The highest BCUT2D eigenvalue weighted by atomic mass is 35.5. The molecule has 4 aromatic rings. The second-order valence-corrected chi connectivity index (χ2v) is 10.5. The van der Waals surface area contributed by atoms with E-state index in [1.807, 2.05) is 36.4 Å². The number of esters is 1. The van der Waals surface area contributed by atoms with Gasteiger partial charge in [-0.2, -0.15) is 0 Å². The van der Waals surface area contributed by atoms with E-state index in [0.29, 0.717) is 17.7 Å². The molecule has 44 heavy (non-hydrogen) atoms. The molecule has 0 unspecified atom stereocenters. The number of imidazole rings is 1. The van der Waals surface area contributed by atoms with Gasteiger partial charge in [-0.15, -0.1) is 24.8 Å². The summed E-state index contributed by atoms with van der Waals surface area (Å²) >= 11 is 0. The van der Waals surface area contributed by atoms with E-state index < -0.39 is 0 Å². The third-order valence-electron chi connectivity index (χ3n) is 7.28. The first-order chi connectivity index (χ1) is 20.5. The number of halogens is 2. The van der Waals surface area contributed by atoms with Crippen LogP contribution >= 0.6 is 24.8 Å². The lowest BCUT2D eigenvalue weighted by Crippen LogP contribution is -2.26. The number of hydrogen-bond acceptors (Lipinski definition) is 5. The van der Waals surface area contributed by atoms with Gasteiger partial charge in [0.05, 0.1) is 24.1 Å². The minimum atomic E-state index is -0.298. The van der Waals surface area contributed by atoms with E-state index in [-0.39, 0.29) is 55.5 Å². The zero-order chi connectivity index (χ0) is 29.7. The molecule has 0 atom stereocenters. The Morgan fingerprint density at radius 1 is 0.909 bits per heavy atom. The number of ether oxygens (including phenoxy) is 1. The van der Waals surface area contributed by atoms with E-state index in [9.17, 15) is 9.59 Å². The van der Waals surface area contributed by atoms with Crippen LogP contribution in [0.15, 0.2) is 72.8 Å². The Morgan fingerprint density at radius 3 is 2.34 bits per heavy atom. The molecule has 3 aromatic carbocycles. The third-order valence-corrected chi connectivity index (χ3v) is 7.28. The largest absolute Gasteiger partial charge is 0.466 e. The van der Waals surface area contributed by atoms with Gasteiger partial charge in [-0.05, 0) is 49.4 Å². The van der Waals surface area contributed by atoms with Gasteiger partial charge in [-0.25, -0.2) is 4.98 Å². The summed E-state index contributed by atoms with van der Waals surface area (Å²) in [5, 5.41) is 10.5. The SMILES string of the molecule is CCCCCCOC(=O)CCNC(=O)c1ccc2c(c1)nc(-c1ccc(C(=N)N)cc1)n2CCCCc1ccccc1.Cl.Cl. The van der Waals surface area contributed by atoms with Crippen molar-refractivity contribution in [2.45, 2.75) is 64.8 Å². The predicted octanol–water partition coefficient (Wildman–Crippen LogP) is 7.10. The number of unbranched alkanes of at least 4 members (excludes halogenated alkanes) is 4. The lowest BCUT2D eigenvalue weighted by atomic mass is 10.1. The van der Waals surface area contributed by atoms with Crippen LogP contribution in [-0.2, 0) is 22.5 Å². The number of carbonyl (C=O) groups is 2. The molecule has 10 heteroatoms. The van der Waals surface area contributed by atoms with Crippen LogP contribution in [0.25, 0.3) is 22.4 Å². The van der Waals surface area contributed by atoms with Crippen molar-refractivity contribution in [1.29, 1.82) is 5.41 Å². The minimum Gasteiger partial charge on any atom is -0.466 e. The minimum absolute atomic E-state index is 0. The number of carbonyl (C=O) groups excluding carboxylic acids is 2. The standard InChI is InChI=1S/C34H41N5O3.2ClH/c1-2-3-4-10-23-42-31(40)20-21-37-34(41)28-18-19-30-29(24-28)38-33(27-16-14-26(15-17-27)32(35)36)39(30)22-9-8-13-25-11-6-5-7-12-25;;/h5-7,11-12,14-19,24H,2-4,8-10,13,20-23H2,1H3,(H3,35,36)(H,37,41);2*1H. The van der Waals surface area contributed by atoms with Gasteiger partial charge in [0.15, 0.2) is 0 Å². The van der Waals surface area contributed by atoms with Crippen LogP contribution < -0.4 is 11.1 Å². The van der Waals surface area contributed by atoms with Crippen molar-refractivity contribution < 1.29 is 14.3 Å². The molecular formula is C34H43Cl2N5O3. The Labute approximate surface area is 272 Å². The van der Waals surface area contributed by atoms with E-state index in [1.165, 1.54) is 5.56 Å². The number of aryl methyl sites for hydroxylation is 2. The number of aromatic nitrogens is 2. The monoisotopic (exact) mass is 639 g/mol. The van der Waals surface area contributed by atoms with Gasteiger partial charge in [0, 0.05) is 29.8 Å². The first-order valence-electron chi connectivity index (χ1n) is 14.9. The molecule has 0 saturated carbocycles. The maximum absolute atomic E-state index is 12.9. The molecule has 8 nitrogen and oxygen atoms in total. The van der Waals surface area contributed by atoms with E-state index in [2.05, 4.69) is 41.1 Å². The van der Waals surface area contributed by atoms with Crippen molar-refractivity contribution in [3.05, 3.63) is 89.5 Å². The number of nitrogens with two attached hydrogens (primary N) is 1. The number of fused-ring (bicyclic) bond motifs is 1. The Kier molecular flexibility index (Phi) is 15.4. The average Bonchev–Trinajstić information content (AvgIpc) is 3.37. The molecule has 4 N–H and O–H groups in total. The molecule has 0 aliphatic heterocycles. The number of nitrogens with zero attached hydrogens (tertiary/aromatic N) is 2. The summed E-state index contributed by atoms with van der Waals surface area (Å²) in [7, 11) is 0. The van der Waals surface area contributed by atoms with Crippen molar-refractivity contribution in [3.8, 4) is 11.4 Å². The number of nitrogens with one attached hydrogen (secondary N) is 2. The Bertz CT molecular complexity index is 1490. The van der Waals surface area contributed by atoms with Gasteiger partial charge in [-0.1, -0.05) is 80.8 Å². The molecule has 0 saturated heterocycles. The maximum atomic E-state index is 12.9. The summed E-state index contributed by atoms with van der Waals surface area (Å²) < 4.78 is 7.45. The van der Waals surface area contributed by atoms with Gasteiger partial charge in [-0.3, -0.25) is 15.0 Å². The van der Waals surface area contributed by atoms with E-state index >= 15 is 0 Å². The number of amidine groups is 1. The van der Waals surface area contributed by atoms with E-state index in [1.54, 1.807) is 12.1 Å². The molecule has 0 aliphatic rings. The second-order valence-electron chi connectivity index (χ2n) is 10.5. The fourth-order valence-corrected chi connectivity index (χ4v) is 4.93. The highest BCUT2D eigenvalue weighted by Crippen LogP contribution is 2.27. The second kappa shape index (κ2) is 18.7. The summed E-state index contributed by atoms with van der Waals surface area (Å²) in [6.45, 7) is 3.56. The summed E-state index contributed by atoms with van der Waals surface area (Å²) in [5.41, 5.74) is 10.7. The topological polar surface area (TPSA) is 123 Å². The van der Waals surface area contributed by atoms with Crippen LogP contribution in [0.4, 0.5) is 0 Å². The quantitative estimate of drug-likeness (QED) is 0.0522. The lowest BCUT2D eigenvalue weighted by molar-refractivity contribution is -0.143. The van der Waals surface area contributed by atoms with Crippen LogP contribution in [0.1, 0.15) is 73.4 Å². The molecule has 1 heterocycles. The molecule has 4 rings (SSSR count). The molecular weight excluding hydrogens is 597 g/mol. The van der Waals surface area contributed by atoms with Gasteiger partial charge < -0.3 is 20.4 Å². The number of rotatable bonds is 16. The van der Waals surface area contributed by atoms with E-state index in [0.717, 1.165) is 73.9 Å². The van der Waals surface area contributed by atoms with Crippen molar-refractivity contribution in [2.24, 2.45) is 5.73 Å². The zero-order valence-corrected chi connectivity index (χ0v) is 26.9. The average molecular weight is 641 g/mol. The molecule has 0 fully saturated rings. The van der Waals surface area contributed by atoms with Gasteiger partial charge in [0.25, 0.3) is 5.91 Å². The number of nitrogen functional groups attached to an aromatic ring is 1. The molecule has 0 radical (unpaired) electrons. The van der Waals surface area contributed by atoms with Crippen molar-refractivity contribution in [2.75, 3.05) is 13.2 Å². The summed E-state index contributed by atoms with van der Waals surface area (Å²) in [6.07, 6.45) is 7.34. The molecule has 236 valence electrons. The maximum Gasteiger partial charge on any atom is 0.307 e. The fourth-order valence-electron chi connectivity index (χ4n) is 4.93. The van der Waals surface area contributed by atoms with E-state index in [4.69, 9.17) is 20.9 Å². The first kappa shape index (κ1) is 36.3.